The molecule has 2 heterocycles. The Labute approximate surface area is 182 Å². The second kappa shape index (κ2) is 7.99. The zero-order valence-corrected chi connectivity index (χ0v) is 18.0. The lowest BCUT2D eigenvalue weighted by atomic mass is 10.1. The van der Waals surface area contributed by atoms with E-state index in [1.807, 2.05) is 39.0 Å². The lowest BCUT2D eigenvalue weighted by molar-refractivity contribution is -0.117. The van der Waals surface area contributed by atoms with Gasteiger partial charge >= 0.3 is 0 Å². The van der Waals surface area contributed by atoms with Gasteiger partial charge in [-0.3, -0.25) is 9.59 Å². The molecule has 0 fully saturated rings. The fourth-order valence-electron chi connectivity index (χ4n) is 3.79. The molecule has 164 valence electrons. The molecule has 4 rings (SSSR count). The quantitative estimate of drug-likeness (QED) is 0.528. The number of hydrogen-bond donors (Lipinski definition) is 1. The second-order valence-corrected chi connectivity index (χ2v) is 7.73. The molecule has 1 N–H and O–H groups in total. The molecule has 0 unspecified atom stereocenters. The van der Waals surface area contributed by atoms with Crippen molar-refractivity contribution < 1.29 is 13.6 Å². The van der Waals surface area contributed by atoms with Crippen LogP contribution in [0.25, 0.3) is 16.6 Å². The number of nitrogens with one attached hydrogen (secondary N) is 1. The van der Waals surface area contributed by atoms with Gasteiger partial charge in [-0.15, -0.1) is 0 Å². The first kappa shape index (κ1) is 21.4. The summed E-state index contributed by atoms with van der Waals surface area (Å²) < 4.78 is 29.6. The van der Waals surface area contributed by atoms with Crippen LogP contribution in [0.2, 0.25) is 0 Å². The zero-order valence-electron chi connectivity index (χ0n) is 18.0. The number of aryl methyl sites for hydroxylation is 4. The van der Waals surface area contributed by atoms with Crippen LogP contribution in [0.1, 0.15) is 22.5 Å². The minimum Gasteiger partial charge on any atom is -0.322 e. The Kier molecular flexibility index (Phi) is 5.33. The molecule has 0 aliphatic heterocycles. The summed E-state index contributed by atoms with van der Waals surface area (Å²) >= 11 is 0. The summed E-state index contributed by atoms with van der Waals surface area (Å²) in [6.07, 6.45) is 0. The maximum Gasteiger partial charge on any atom is 0.295 e. The fraction of sp³-hybridized carbons (Fsp3) is 0.217. The SMILES string of the molecule is Cc1ccc(-n2nc3c(=O)n(CC(=O)Nc4ccc(F)cc4F)nc(C)c3c2C)c(C)c1. The van der Waals surface area contributed by atoms with Crippen molar-refractivity contribution in [1.82, 2.24) is 19.6 Å². The molecule has 0 atom stereocenters. The van der Waals surface area contributed by atoms with Crippen molar-refractivity contribution in [3.05, 3.63) is 80.9 Å². The monoisotopic (exact) mass is 437 g/mol. The van der Waals surface area contributed by atoms with Crippen LogP contribution >= 0.6 is 0 Å². The summed E-state index contributed by atoms with van der Waals surface area (Å²) in [7, 11) is 0. The number of nitrogens with zero attached hydrogens (tertiary/aromatic N) is 4. The number of aromatic nitrogens is 4. The number of rotatable bonds is 4. The minimum absolute atomic E-state index is 0.183. The lowest BCUT2D eigenvalue weighted by Crippen LogP contribution is -2.30. The largest absolute Gasteiger partial charge is 0.322 e. The average Bonchev–Trinajstić information content (AvgIpc) is 3.06. The number of halogens is 2. The van der Waals surface area contributed by atoms with Gasteiger partial charge in [0.2, 0.25) is 5.91 Å². The van der Waals surface area contributed by atoms with E-state index in [1.165, 1.54) is 0 Å². The molecule has 7 nitrogen and oxygen atoms in total. The van der Waals surface area contributed by atoms with E-state index in [0.717, 1.165) is 39.3 Å². The Hall–Kier alpha value is -3.88. The Balaban J connectivity index is 1.72. The van der Waals surface area contributed by atoms with E-state index in [9.17, 15) is 18.4 Å². The molecule has 0 aliphatic carbocycles. The summed E-state index contributed by atoms with van der Waals surface area (Å²) in [4.78, 5) is 25.4. The number of carbonyl (C=O) groups is 1. The van der Waals surface area contributed by atoms with Crippen molar-refractivity contribution in [2.75, 3.05) is 5.32 Å². The van der Waals surface area contributed by atoms with E-state index in [2.05, 4.69) is 15.5 Å². The number of carbonyl (C=O) groups excluding carboxylic acids is 1. The van der Waals surface area contributed by atoms with Crippen LogP contribution in [0.3, 0.4) is 0 Å². The molecule has 32 heavy (non-hydrogen) atoms. The first-order valence-electron chi connectivity index (χ1n) is 9.95. The number of anilines is 1. The third kappa shape index (κ3) is 3.77. The molecular weight excluding hydrogens is 416 g/mol. The second-order valence-electron chi connectivity index (χ2n) is 7.73. The van der Waals surface area contributed by atoms with Crippen LogP contribution in [0.15, 0.2) is 41.2 Å². The van der Waals surface area contributed by atoms with Crippen LogP contribution in [-0.4, -0.2) is 25.5 Å². The van der Waals surface area contributed by atoms with Crippen LogP contribution in [0, 0.1) is 39.3 Å². The third-order valence-electron chi connectivity index (χ3n) is 5.26. The molecule has 0 aliphatic rings. The molecule has 0 saturated heterocycles. The topological polar surface area (TPSA) is 81.8 Å². The molecule has 1 amide bonds. The van der Waals surface area contributed by atoms with E-state index in [1.54, 1.807) is 11.6 Å². The molecular formula is C23H21F2N5O2. The number of amides is 1. The molecule has 0 radical (unpaired) electrons. The maximum atomic E-state index is 13.8. The summed E-state index contributed by atoms with van der Waals surface area (Å²) in [5.41, 5.74) is 3.74. The molecule has 0 saturated carbocycles. The zero-order chi connectivity index (χ0) is 23.2. The molecule has 4 aromatic rings. The van der Waals surface area contributed by atoms with Gasteiger partial charge < -0.3 is 5.32 Å². The van der Waals surface area contributed by atoms with Crippen LogP contribution in [-0.2, 0) is 11.3 Å². The van der Waals surface area contributed by atoms with E-state index in [0.29, 0.717) is 17.1 Å². The minimum atomic E-state index is -0.909. The van der Waals surface area contributed by atoms with Crippen LogP contribution in [0.5, 0.6) is 0 Å². The smallest absolute Gasteiger partial charge is 0.295 e. The van der Waals surface area contributed by atoms with Crippen molar-refractivity contribution in [2.24, 2.45) is 0 Å². The van der Waals surface area contributed by atoms with Crippen molar-refractivity contribution in [2.45, 2.75) is 34.2 Å². The van der Waals surface area contributed by atoms with Gasteiger partial charge in [0.25, 0.3) is 5.56 Å². The normalized spacial score (nSPS) is 11.2. The van der Waals surface area contributed by atoms with Crippen molar-refractivity contribution in [3.8, 4) is 5.69 Å². The lowest BCUT2D eigenvalue weighted by Gasteiger charge is -2.09. The van der Waals surface area contributed by atoms with Gasteiger partial charge in [-0.1, -0.05) is 17.7 Å². The van der Waals surface area contributed by atoms with Gasteiger partial charge in [-0.05, 0) is 51.5 Å². The summed E-state index contributed by atoms with van der Waals surface area (Å²) in [6, 6.07) is 8.75. The molecule has 2 aromatic carbocycles. The Morgan fingerprint density at radius 3 is 2.47 bits per heavy atom. The highest BCUT2D eigenvalue weighted by Gasteiger charge is 2.19. The van der Waals surface area contributed by atoms with Gasteiger partial charge in [-0.2, -0.15) is 10.2 Å². The molecule has 9 heteroatoms. The predicted octanol–water partition coefficient (Wildman–Crippen LogP) is 3.73. The van der Waals surface area contributed by atoms with Gasteiger partial charge in [0, 0.05) is 6.07 Å². The number of fused-ring (bicyclic) bond motifs is 1. The summed E-state index contributed by atoms with van der Waals surface area (Å²) in [6.45, 7) is 7.12. The fourth-order valence-corrected chi connectivity index (χ4v) is 3.79. The van der Waals surface area contributed by atoms with E-state index in [4.69, 9.17) is 0 Å². The highest BCUT2D eigenvalue weighted by molar-refractivity contribution is 5.91. The molecule has 0 spiro atoms. The van der Waals surface area contributed by atoms with Gasteiger partial charge in [0.15, 0.2) is 5.52 Å². The number of hydrogen-bond acceptors (Lipinski definition) is 4. The highest BCUT2D eigenvalue weighted by atomic mass is 19.1. The van der Waals surface area contributed by atoms with Crippen molar-refractivity contribution >= 4 is 22.5 Å². The molecule has 2 aromatic heterocycles. The van der Waals surface area contributed by atoms with Crippen molar-refractivity contribution in [1.29, 1.82) is 0 Å². The Morgan fingerprint density at radius 2 is 1.78 bits per heavy atom. The average molecular weight is 437 g/mol. The first-order chi connectivity index (χ1) is 15.2. The number of benzene rings is 2. The predicted molar refractivity (Wildman–Crippen MR) is 117 cm³/mol. The van der Waals surface area contributed by atoms with Crippen molar-refractivity contribution in [3.63, 3.8) is 0 Å². The van der Waals surface area contributed by atoms with E-state index < -0.39 is 29.6 Å². The van der Waals surface area contributed by atoms with Crippen LogP contribution < -0.4 is 10.9 Å². The Morgan fingerprint density at radius 1 is 1.03 bits per heavy atom. The summed E-state index contributed by atoms with van der Waals surface area (Å²) in [5.74, 6) is -2.34. The first-order valence-corrected chi connectivity index (χ1v) is 9.95. The van der Waals surface area contributed by atoms with Crippen LogP contribution in [0.4, 0.5) is 14.5 Å². The highest BCUT2D eigenvalue weighted by Crippen LogP contribution is 2.23. The molecule has 0 bridgehead atoms. The third-order valence-corrected chi connectivity index (χ3v) is 5.26. The van der Waals surface area contributed by atoms with E-state index in [-0.39, 0.29) is 11.2 Å². The summed E-state index contributed by atoms with van der Waals surface area (Å²) in [5, 5.41) is 11.7. The Bertz CT molecular complexity index is 1440. The maximum absolute atomic E-state index is 13.8. The van der Waals surface area contributed by atoms with Gasteiger partial charge in [0.1, 0.15) is 18.2 Å². The van der Waals surface area contributed by atoms with Gasteiger partial charge in [0.05, 0.1) is 28.1 Å². The van der Waals surface area contributed by atoms with Gasteiger partial charge in [-0.25, -0.2) is 18.1 Å². The standard InChI is InChI=1S/C23H21F2N5O2/c1-12-5-8-19(13(2)9-12)30-15(4)21-14(3)27-29(23(32)22(21)28-30)11-20(31)26-18-7-6-16(24)10-17(18)25/h5-10H,11H2,1-4H3,(H,26,31). The van der Waals surface area contributed by atoms with E-state index >= 15 is 0 Å².